The molecule has 0 heterocycles. The van der Waals surface area contributed by atoms with Gasteiger partial charge in [0.1, 0.15) is 17.7 Å². The number of nitrogens with zero attached hydrogens (tertiary/aromatic N) is 1. The Bertz CT molecular complexity index is 744. The fourth-order valence-electron chi connectivity index (χ4n) is 3.29. The van der Waals surface area contributed by atoms with Gasteiger partial charge in [0.2, 0.25) is 11.8 Å². The lowest BCUT2D eigenvalue weighted by molar-refractivity contribution is -0.143. The second kappa shape index (κ2) is 12.4. The van der Waals surface area contributed by atoms with E-state index in [1.54, 1.807) is 45.0 Å². The standard InChI is InChI=1S/C24H39N3O5/c1-16(2)15-19(26-23(31)32-24(5,6)7)22(30)27(13-14-28)20(21(29)25-17(3)4)18-11-9-8-10-12-18/h8-12,16-17,19-20,28H,13-15H2,1-7H3,(H,25,29)(H,26,31). The highest BCUT2D eigenvalue weighted by molar-refractivity contribution is 5.92. The van der Waals surface area contributed by atoms with Crippen LogP contribution in [0.2, 0.25) is 0 Å². The molecule has 0 aliphatic heterocycles. The van der Waals surface area contributed by atoms with Gasteiger partial charge in [-0.1, -0.05) is 44.2 Å². The van der Waals surface area contributed by atoms with E-state index in [4.69, 9.17) is 4.74 Å². The van der Waals surface area contributed by atoms with E-state index in [1.165, 1.54) is 4.90 Å². The summed E-state index contributed by atoms with van der Waals surface area (Å²) in [6.07, 6.45) is -0.351. The molecule has 2 unspecified atom stereocenters. The van der Waals surface area contributed by atoms with Crippen LogP contribution >= 0.6 is 0 Å². The molecule has 2 atom stereocenters. The molecule has 32 heavy (non-hydrogen) atoms. The van der Waals surface area contributed by atoms with Crippen LogP contribution in [0.5, 0.6) is 0 Å². The largest absolute Gasteiger partial charge is 0.444 e. The van der Waals surface area contributed by atoms with E-state index in [0.29, 0.717) is 12.0 Å². The van der Waals surface area contributed by atoms with Gasteiger partial charge in [-0.15, -0.1) is 0 Å². The van der Waals surface area contributed by atoms with Crippen LogP contribution in [0.1, 0.15) is 66.5 Å². The molecule has 8 heteroatoms. The second-order valence-corrected chi connectivity index (χ2v) is 9.56. The Kier molecular flexibility index (Phi) is 10.7. The molecule has 0 radical (unpaired) electrons. The van der Waals surface area contributed by atoms with Crippen LogP contribution in [0.3, 0.4) is 0 Å². The number of rotatable bonds is 10. The van der Waals surface area contributed by atoms with Crippen molar-refractivity contribution in [1.29, 1.82) is 0 Å². The Morgan fingerprint density at radius 3 is 2.09 bits per heavy atom. The van der Waals surface area contributed by atoms with Gasteiger partial charge in [-0.25, -0.2) is 4.79 Å². The predicted octanol–water partition coefficient (Wildman–Crippen LogP) is 3.01. The highest BCUT2D eigenvalue weighted by atomic mass is 16.6. The lowest BCUT2D eigenvalue weighted by Gasteiger charge is -2.35. The van der Waals surface area contributed by atoms with Crippen LogP contribution in [0.15, 0.2) is 30.3 Å². The number of nitrogens with one attached hydrogen (secondary N) is 2. The molecule has 0 saturated carbocycles. The molecule has 0 saturated heterocycles. The van der Waals surface area contributed by atoms with Crippen molar-refractivity contribution in [3.05, 3.63) is 35.9 Å². The molecular formula is C24H39N3O5. The normalized spacial score (nSPS) is 13.4. The summed E-state index contributed by atoms with van der Waals surface area (Å²) >= 11 is 0. The first-order valence-corrected chi connectivity index (χ1v) is 11.1. The highest BCUT2D eigenvalue weighted by Gasteiger charge is 2.36. The second-order valence-electron chi connectivity index (χ2n) is 9.56. The summed E-state index contributed by atoms with van der Waals surface area (Å²) < 4.78 is 5.34. The minimum atomic E-state index is -0.951. The van der Waals surface area contributed by atoms with Crippen molar-refractivity contribution in [3.8, 4) is 0 Å². The first-order chi connectivity index (χ1) is 14.9. The maximum Gasteiger partial charge on any atom is 0.408 e. The van der Waals surface area contributed by atoms with E-state index in [2.05, 4.69) is 10.6 Å². The van der Waals surface area contributed by atoms with Gasteiger partial charge in [0.05, 0.1) is 6.61 Å². The molecule has 1 rings (SSSR count). The zero-order chi connectivity index (χ0) is 24.5. The van der Waals surface area contributed by atoms with Gasteiger partial charge < -0.3 is 25.4 Å². The van der Waals surface area contributed by atoms with Crippen molar-refractivity contribution in [2.24, 2.45) is 5.92 Å². The van der Waals surface area contributed by atoms with E-state index in [0.717, 1.165) is 0 Å². The average Bonchev–Trinajstić information content (AvgIpc) is 2.65. The van der Waals surface area contributed by atoms with E-state index in [1.807, 2.05) is 33.8 Å². The Morgan fingerprint density at radius 2 is 1.62 bits per heavy atom. The van der Waals surface area contributed by atoms with Gasteiger partial charge in [-0.3, -0.25) is 9.59 Å². The number of amides is 3. The van der Waals surface area contributed by atoms with Crippen LogP contribution < -0.4 is 10.6 Å². The number of hydrogen-bond acceptors (Lipinski definition) is 5. The third-order valence-corrected chi connectivity index (χ3v) is 4.43. The number of carbonyl (C=O) groups excluding carboxylic acids is 3. The molecule has 0 fully saturated rings. The quantitative estimate of drug-likeness (QED) is 0.509. The molecule has 0 aliphatic rings. The zero-order valence-electron chi connectivity index (χ0n) is 20.3. The smallest absolute Gasteiger partial charge is 0.408 e. The van der Waals surface area contributed by atoms with Crippen LogP contribution in [0.25, 0.3) is 0 Å². The van der Waals surface area contributed by atoms with Crippen LogP contribution in [-0.4, -0.2) is 58.8 Å². The minimum absolute atomic E-state index is 0.0610. The molecule has 8 nitrogen and oxygen atoms in total. The van der Waals surface area contributed by atoms with Crippen molar-refractivity contribution in [2.45, 2.75) is 78.6 Å². The molecule has 1 aromatic carbocycles. The van der Waals surface area contributed by atoms with E-state index in [9.17, 15) is 19.5 Å². The Hall–Kier alpha value is -2.61. The molecule has 0 spiro atoms. The number of hydrogen-bond donors (Lipinski definition) is 3. The number of aliphatic hydroxyl groups excluding tert-OH is 1. The minimum Gasteiger partial charge on any atom is -0.444 e. The van der Waals surface area contributed by atoms with Gasteiger partial charge in [0, 0.05) is 12.6 Å². The van der Waals surface area contributed by atoms with Crippen LogP contribution in [-0.2, 0) is 14.3 Å². The summed E-state index contributed by atoms with van der Waals surface area (Å²) in [4.78, 5) is 40.5. The first kappa shape index (κ1) is 27.4. The van der Waals surface area contributed by atoms with Crippen molar-refractivity contribution < 1.29 is 24.2 Å². The van der Waals surface area contributed by atoms with E-state index < -0.39 is 29.7 Å². The molecule has 0 aromatic heterocycles. The third-order valence-electron chi connectivity index (χ3n) is 4.43. The summed E-state index contributed by atoms with van der Waals surface area (Å²) in [5.74, 6) is -0.713. The molecule has 0 aliphatic carbocycles. The fourth-order valence-corrected chi connectivity index (χ4v) is 3.29. The van der Waals surface area contributed by atoms with Gasteiger partial charge in [-0.05, 0) is 52.5 Å². The fraction of sp³-hybridized carbons (Fsp3) is 0.625. The van der Waals surface area contributed by atoms with Crippen LogP contribution in [0.4, 0.5) is 4.79 Å². The average molecular weight is 450 g/mol. The molecular weight excluding hydrogens is 410 g/mol. The molecule has 0 bridgehead atoms. The van der Waals surface area contributed by atoms with Crippen molar-refractivity contribution in [2.75, 3.05) is 13.2 Å². The lowest BCUT2D eigenvalue weighted by Crippen LogP contribution is -2.54. The predicted molar refractivity (Wildman–Crippen MR) is 124 cm³/mol. The maximum absolute atomic E-state index is 13.6. The number of carbonyl (C=O) groups is 3. The summed E-state index contributed by atoms with van der Waals surface area (Å²) in [5, 5.41) is 15.2. The van der Waals surface area contributed by atoms with Gasteiger partial charge in [0.15, 0.2) is 0 Å². The monoisotopic (exact) mass is 449 g/mol. The molecule has 3 N–H and O–H groups in total. The van der Waals surface area contributed by atoms with Gasteiger partial charge in [0.25, 0.3) is 0 Å². The SMILES string of the molecule is CC(C)CC(NC(=O)OC(C)(C)C)C(=O)N(CCO)C(C(=O)NC(C)C)c1ccccc1. The van der Waals surface area contributed by atoms with Crippen molar-refractivity contribution in [3.63, 3.8) is 0 Å². The summed E-state index contributed by atoms with van der Waals surface area (Å²) in [7, 11) is 0. The Morgan fingerprint density at radius 1 is 1.03 bits per heavy atom. The van der Waals surface area contributed by atoms with E-state index in [-0.39, 0.29) is 31.0 Å². The third kappa shape index (κ3) is 9.26. The first-order valence-electron chi connectivity index (χ1n) is 11.1. The Balaban J connectivity index is 3.33. The zero-order valence-corrected chi connectivity index (χ0v) is 20.3. The molecule has 1 aromatic rings. The van der Waals surface area contributed by atoms with Gasteiger partial charge >= 0.3 is 6.09 Å². The topological polar surface area (TPSA) is 108 Å². The molecule has 180 valence electrons. The number of alkyl carbamates (subject to hydrolysis) is 1. The summed E-state index contributed by atoms with van der Waals surface area (Å²) in [6, 6.07) is 6.94. The summed E-state index contributed by atoms with van der Waals surface area (Å²) in [5.41, 5.74) is -0.0997. The Labute approximate surface area is 191 Å². The maximum atomic E-state index is 13.6. The summed E-state index contributed by atoms with van der Waals surface area (Å²) in [6.45, 7) is 12.4. The van der Waals surface area contributed by atoms with Crippen molar-refractivity contribution in [1.82, 2.24) is 15.5 Å². The highest BCUT2D eigenvalue weighted by Crippen LogP contribution is 2.23. The van der Waals surface area contributed by atoms with Crippen LogP contribution in [0, 0.1) is 5.92 Å². The van der Waals surface area contributed by atoms with Gasteiger partial charge in [-0.2, -0.15) is 0 Å². The number of ether oxygens (including phenoxy) is 1. The van der Waals surface area contributed by atoms with E-state index >= 15 is 0 Å². The molecule has 3 amide bonds. The van der Waals surface area contributed by atoms with Crippen molar-refractivity contribution >= 4 is 17.9 Å². The number of aliphatic hydroxyl groups is 1. The lowest BCUT2D eigenvalue weighted by atomic mass is 9.99. The number of benzene rings is 1.